The predicted octanol–water partition coefficient (Wildman–Crippen LogP) is 2.54. The summed E-state index contributed by atoms with van der Waals surface area (Å²) in [7, 11) is 0. The number of carboxylic acids is 1. The monoisotopic (exact) mass is 235 g/mol. The molecule has 0 spiro atoms. The molecule has 0 bridgehead atoms. The van der Waals surface area contributed by atoms with E-state index in [1.165, 1.54) is 19.1 Å². The lowest BCUT2D eigenvalue weighted by Gasteiger charge is -2.20. The molecule has 0 radical (unpaired) electrons. The van der Waals surface area contributed by atoms with E-state index in [0.29, 0.717) is 6.54 Å². The Balaban J connectivity index is 2.87. The van der Waals surface area contributed by atoms with Crippen LogP contribution < -0.4 is 4.90 Å². The van der Waals surface area contributed by atoms with Gasteiger partial charge in [0.2, 0.25) is 5.91 Å². The third-order valence-electron chi connectivity index (χ3n) is 2.54. The van der Waals surface area contributed by atoms with Gasteiger partial charge in [-0.25, -0.2) is 4.79 Å². The summed E-state index contributed by atoms with van der Waals surface area (Å²) in [6, 6.07) is 6.36. The fourth-order valence-corrected chi connectivity index (χ4v) is 1.57. The van der Waals surface area contributed by atoms with Crippen LogP contribution in [0.1, 0.15) is 37.0 Å². The van der Waals surface area contributed by atoms with Crippen LogP contribution in [0.3, 0.4) is 0 Å². The van der Waals surface area contributed by atoms with Crippen LogP contribution in [0.25, 0.3) is 0 Å². The van der Waals surface area contributed by atoms with Crippen molar-refractivity contribution in [3.63, 3.8) is 0 Å². The number of benzene rings is 1. The summed E-state index contributed by atoms with van der Waals surface area (Å²) in [5.41, 5.74) is 0.976. The molecule has 1 aromatic carbocycles. The van der Waals surface area contributed by atoms with Gasteiger partial charge in [0, 0.05) is 19.2 Å². The Morgan fingerprint density at radius 1 is 1.24 bits per heavy atom. The quantitative estimate of drug-likeness (QED) is 0.853. The summed E-state index contributed by atoms with van der Waals surface area (Å²) in [5, 5.41) is 8.78. The summed E-state index contributed by atoms with van der Waals surface area (Å²) in [5.74, 6) is -0.985. The van der Waals surface area contributed by atoms with E-state index in [0.717, 1.165) is 18.5 Å². The van der Waals surface area contributed by atoms with Crippen LogP contribution in [-0.4, -0.2) is 23.5 Å². The minimum Gasteiger partial charge on any atom is -0.478 e. The number of carboxylic acid groups (broad SMARTS) is 1. The standard InChI is InChI=1S/C13H17NO3/c1-3-4-9-14(10(2)15)12-7-5-11(6-8-12)13(16)17/h5-8H,3-4,9H2,1-2H3,(H,16,17). The molecular weight excluding hydrogens is 218 g/mol. The maximum absolute atomic E-state index is 11.5. The zero-order valence-electron chi connectivity index (χ0n) is 10.1. The van der Waals surface area contributed by atoms with Crippen molar-refractivity contribution in [3.8, 4) is 0 Å². The SMILES string of the molecule is CCCCN(C(C)=O)c1ccc(C(=O)O)cc1. The highest BCUT2D eigenvalue weighted by molar-refractivity contribution is 5.93. The van der Waals surface area contributed by atoms with Crippen LogP contribution >= 0.6 is 0 Å². The number of nitrogens with zero attached hydrogens (tertiary/aromatic N) is 1. The summed E-state index contributed by atoms with van der Waals surface area (Å²) >= 11 is 0. The van der Waals surface area contributed by atoms with Crippen molar-refractivity contribution >= 4 is 17.6 Å². The molecule has 0 unspecified atom stereocenters. The molecule has 0 saturated carbocycles. The lowest BCUT2D eigenvalue weighted by atomic mass is 10.2. The highest BCUT2D eigenvalue weighted by Gasteiger charge is 2.11. The van der Waals surface area contributed by atoms with Gasteiger partial charge in [0.25, 0.3) is 0 Å². The van der Waals surface area contributed by atoms with Gasteiger partial charge in [-0.3, -0.25) is 4.79 Å². The van der Waals surface area contributed by atoms with Crippen LogP contribution in [0, 0.1) is 0 Å². The smallest absolute Gasteiger partial charge is 0.335 e. The van der Waals surface area contributed by atoms with Crippen molar-refractivity contribution < 1.29 is 14.7 Å². The number of anilines is 1. The molecule has 92 valence electrons. The second-order valence-electron chi connectivity index (χ2n) is 3.88. The number of amides is 1. The highest BCUT2D eigenvalue weighted by atomic mass is 16.4. The first-order chi connectivity index (χ1) is 8.06. The number of hydrogen-bond acceptors (Lipinski definition) is 2. The first kappa shape index (κ1) is 13.2. The van der Waals surface area contributed by atoms with Crippen LogP contribution in [0.5, 0.6) is 0 Å². The maximum Gasteiger partial charge on any atom is 0.335 e. The molecule has 0 aliphatic heterocycles. The third kappa shape index (κ3) is 3.59. The minimum atomic E-state index is -0.959. The molecule has 1 rings (SSSR count). The summed E-state index contributed by atoms with van der Waals surface area (Å²) < 4.78 is 0. The van der Waals surface area contributed by atoms with Crippen molar-refractivity contribution in [2.45, 2.75) is 26.7 Å². The fraction of sp³-hybridized carbons (Fsp3) is 0.385. The van der Waals surface area contributed by atoms with E-state index in [4.69, 9.17) is 5.11 Å². The predicted molar refractivity (Wildman–Crippen MR) is 66.3 cm³/mol. The Morgan fingerprint density at radius 3 is 2.24 bits per heavy atom. The zero-order valence-corrected chi connectivity index (χ0v) is 10.1. The van der Waals surface area contributed by atoms with Crippen LogP contribution in [0.15, 0.2) is 24.3 Å². The topological polar surface area (TPSA) is 57.6 Å². The molecule has 0 saturated heterocycles. The lowest BCUT2D eigenvalue weighted by molar-refractivity contribution is -0.116. The van der Waals surface area contributed by atoms with Crippen LogP contribution in [-0.2, 0) is 4.79 Å². The largest absolute Gasteiger partial charge is 0.478 e. The van der Waals surface area contributed by atoms with Gasteiger partial charge in [0.15, 0.2) is 0 Å². The van der Waals surface area contributed by atoms with Gasteiger partial charge >= 0.3 is 5.97 Å². The first-order valence-corrected chi connectivity index (χ1v) is 5.67. The average molecular weight is 235 g/mol. The molecule has 4 heteroatoms. The number of carbonyl (C=O) groups is 2. The molecule has 0 atom stereocenters. The zero-order chi connectivity index (χ0) is 12.8. The Labute approximate surface area is 101 Å². The van der Waals surface area contributed by atoms with Gasteiger partial charge < -0.3 is 10.0 Å². The van der Waals surface area contributed by atoms with Crippen molar-refractivity contribution in [2.75, 3.05) is 11.4 Å². The van der Waals surface area contributed by atoms with Gasteiger partial charge in [0.1, 0.15) is 0 Å². The molecule has 1 N–H and O–H groups in total. The number of unbranched alkanes of at least 4 members (excludes halogenated alkanes) is 1. The van der Waals surface area contributed by atoms with Gasteiger partial charge in [-0.1, -0.05) is 13.3 Å². The Kier molecular flexibility index (Phi) is 4.69. The third-order valence-corrected chi connectivity index (χ3v) is 2.54. The maximum atomic E-state index is 11.5. The van der Waals surface area contributed by atoms with E-state index in [2.05, 4.69) is 6.92 Å². The number of rotatable bonds is 5. The molecule has 17 heavy (non-hydrogen) atoms. The normalized spacial score (nSPS) is 10.0. The minimum absolute atomic E-state index is 0.0264. The average Bonchev–Trinajstić information content (AvgIpc) is 2.29. The van der Waals surface area contributed by atoms with E-state index in [1.54, 1.807) is 17.0 Å². The van der Waals surface area contributed by atoms with Gasteiger partial charge in [-0.2, -0.15) is 0 Å². The molecule has 1 amide bonds. The van der Waals surface area contributed by atoms with E-state index in [-0.39, 0.29) is 11.5 Å². The molecule has 0 heterocycles. The summed E-state index contributed by atoms with van der Waals surface area (Å²) in [4.78, 5) is 23.8. The van der Waals surface area contributed by atoms with Gasteiger partial charge in [-0.15, -0.1) is 0 Å². The molecule has 0 aliphatic rings. The Morgan fingerprint density at radius 2 is 1.82 bits per heavy atom. The molecule has 0 aromatic heterocycles. The van der Waals surface area contributed by atoms with E-state index >= 15 is 0 Å². The summed E-state index contributed by atoms with van der Waals surface area (Å²) in [6.45, 7) is 4.24. The summed E-state index contributed by atoms with van der Waals surface area (Å²) in [6.07, 6.45) is 1.94. The Bertz CT molecular complexity index is 398. The molecule has 0 fully saturated rings. The van der Waals surface area contributed by atoms with E-state index in [1.807, 2.05) is 0 Å². The van der Waals surface area contributed by atoms with Crippen LogP contribution in [0.4, 0.5) is 5.69 Å². The second-order valence-corrected chi connectivity index (χ2v) is 3.88. The van der Waals surface area contributed by atoms with Crippen molar-refractivity contribution in [2.24, 2.45) is 0 Å². The fourth-order valence-electron chi connectivity index (χ4n) is 1.57. The van der Waals surface area contributed by atoms with Crippen LogP contribution in [0.2, 0.25) is 0 Å². The van der Waals surface area contributed by atoms with Crippen molar-refractivity contribution in [3.05, 3.63) is 29.8 Å². The molecule has 1 aromatic rings. The molecule has 0 aliphatic carbocycles. The first-order valence-electron chi connectivity index (χ1n) is 5.67. The van der Waals surface area contributed by atoms with E-state index in [9.17, 15) is 9.59 Å². The number of aromatic carboxylic acids is 1. The number of carbonyl (C=O) groups excluding carboxylic acids is 1. The van der Waals surface area contributed by atoms with E-state index < -0.39 is 5.97 Å². The van der Waals surface area contributed by atoms with Crippen molar-refractivity contribution in [1.82, 2.24) is 0 Å². The Hall–Kier alpha value is -1.84. The highest BCUT2D eigenvalue weighted by Crippen LogP contribution is 2.16. The second kappa shape index (κ2) is 6.03. The van der Waals surface area contributed by atoms with Crippen molar-refractivity contribution in [1.29, 1.82) is 0 Å². The molecule has 4 nitrogen and oxygen atoms in total. The number of hydrogen-bond donors (Lipinski definition) is 1. The van der Waals surface area contributed by atoms with Gasteiger partial charge in [0.05, 0.1) is 5.56 Å². The lowest BCUT2D eigenvalue weighted by Crippen LogP contribution is -2.29. The molecular formula is C13H17NO3. The van der Waals surface area contributed by atoms with Gasteiger partial charge in [-0.05, 0) is 30.7 Å².